The predicted octanol–water partition coefficient (Wildman–Crippen LogP) is 4.20. The average Bonchev–Trinajstić information content (AvgIpc) is 2.38. The molecular formula is C14H8BrFN2. The van der Waals surface area contributed by atoms with E-state index in [-0.39, 0.29) is 5.82 Å². The SMILES string of the molecule is Fc1ccccc1-c1nc(Br)nc2ccccc12. The van der Waals surface area contributed by atoms with E-state index < -0.39 is 0 Å². The van der Waals surface area contributed by atoms with Gasteiger partial charge >= 0.3 is 0 Å². The van der Waals surface area contributed by atoms with Gasteiger partial charge in [-0.25, -0.2) is 14.4 Å². The molecule has 0 bridgehead atoms. The van der Waals surface area contributed by atoms with Crippen molar-refractivity contribution in [3.8, 4) is 11.3 Å². The quantitative estimate of drug-likeness (QED) is 0.630. The van der Waals surface area contributed by atoms with Crippen molar-refractivity contribution in [2.24, 2.45) is 0 Å². The van der Waals surface area contributed by atoms with Gasteiger partial charge in [0.15, 0.2) is 4.73 Å². The highest BCUT2D eigenvalue weighted by Gasteiger charge is 2.11. The first kappa shape index (κ1) is 11.3. The number of hydrogen-bond acceptors (Lipinski definition) is 2. The summed E-state index contributed by atoms with van der Waals surface area (Å²) >= 11 is 3.26. The van der Waals surface area contributed by atoms with E-state index in [2.05, 4.69) is 25.9 Å². The van der Waals surface area contributed by atoms with Gasteiger partial charge in [0.2, 0.25) is 0 Å². The normalized spacial score (nSPS) is 10.8. The van der Waals surface area contributed by atoms with Crippen LogP contribution in [0, 0.1) is 5.82 Å². The Morgan fingerprint density at radius 1 is 0.889 bits per heavy atom. The number of hydrogen-bond donors (Lipinski definition) is 0. The van der Waals surface area contributed by atoms with Crippen LogP contribution in [0.3, 0.4) is 0 Å². The summed E-state index contributed by atoms with van der Waals surface area (Å²) in [6.45, 7) is 0. The van der Waals surface area contributed by atoms with Crippen molar-refractivity contribution < 1.29 is 4.39 Å². The number of rotatable bonds is 1. The van der Waals surface area contributed by atoms with Crippen molar-refractivity contribution in [2.75, 3.05) is 0 Å². The molecule has 0 spiro atoms. The Morgan fingerprint density at radius 2 is 1.61 bits per heavy atom. The third-order valence-electron chi connectivity index (χ3n) is 2.70. The van der Waals surface area contributed by atoms with Crippen molar-refractivity contribution in [1.82, 2.24) is 9.97 Å². The average molecular weight is 303 g/mol. The molecule has 1 aromatic heterocycles. The molecular weight excluding hydrogens is 295 g/mol. The molecule has 0 saturated carbocycles. The molecule has 18 heavy (non-hydrogen) atoms. The molecule has 0 aliphatic rings. The number of fused-ring (bicyclic) bond motifs is 1. The zero-order valence-electron chi connectivity index (χ0n) is 9.27. The van der Waals surface area contributed by atoms with Crippen LogP contribution in [-0.2, 0) is 0 Å². The summed E-state index contributed by atoms with van der Waals surface area (Å²) in [5.41, 5.74) is 1.88. The molecule has 0 aliphatic carbocycles. The molecule has 0 fully saturated rings. The van der Waals surface area contributed by atoms with E-state index in [1.54, 1.807) is 18.2 Å². The molecule has 0 N–H and O–H groups in total. The summed E-state index contributed by atoms with van der Waals surface area (Å²) in [6.07, 6.45) is 0. The predicted molar refractivity (Wildman–Crippen MR) is 72.6 cm³/mol. The maximum absolute atomic E-state index is 13.9. The van der Waals surface area contributed by atoms with E-state index in [4.69, 9.17) is 0 Å². The first-order chi connectivity index (χ1) is 8.75. The lowest BCUT2D eigenvalue weighted by Crippen LogP contribution is -1.93. The molecule has 1 heterocycles. The van der Waals surface area contributed by atoms with E-state index in [9.17, 15) is 4.39 Å². The second kappa shape index (κ2) is 4.46. The maximum atomic E-state index is 13.9. The van der Waals surface area contributed by atoms with Gasteiger partial charge < -0.3 is 0 Å². The summed E-state index contributed by atoms with van der Waals surface area (Å²) in [4.78, 5) is 8.57. The minimum atomic E-state index is -0.284. The Balaban J connectivity index is 2.39. The maximum Gasteiger partial charge on any atom is 0.197 e. The Kier molecular flexibility index (Phi) is 2.80. The Morgan fingerprint density at radius 3 is 2.44 bits per heavy atom. The van der Waals surface area contributed by atoms with E-state index in [0.29, 0.717) is 16.0 Å². The van der Waals surface area contributed by atoms with Crippen molar-refractivity contribution in [3.63, 3.8) is 0 Å². The lowest BCUT2D eigenvalue weighted by Gasteiger charge is -2.07. The molecule has 3 rings (SSSR count). The summed E-state index contributed by atoms with van der Waals surface area (Å²) in [5, 5.41) is 0.839. The van der Waals surface area contributed by atoms with Gasteiger partial charge in [-0.1, -0.05) is 30.3 Å². The number of aromatic nitrogens is 2. The van der Waals surface area contributed by atoms with E-state index in [0.717, 1.165) is 10.9 Å². The molecule has 0 amide bonds. The van der Waals surface area contributed by atoms with Crippen LogP contribution in [0.15, 0.2) is 53.3 Å². The summed E-state index contributed by atoms with van der Waals surface area (Å²) in [7, 11) is 0. The van der Waals surface area contributed by atoms with Crippen LogP contribution in [0.2, 0.25) is 0 Å². The highest BCUT2D eigenvalue weighted by Crippen LogP contribution is 2.28. The van der Waals surface area contributed by atoms with Gasteiger partial charge in [0, 0.05) is 10.9 Å². The third-order valence-corrected chi connectivity index (χ3v) is 3.06. The van der Waals surface area contributed by atoms with Gasteiger partial charge in [0.25, 0.3) is 0 Å². The van der Waals surface area contributed by atoms with Crippen LogP contribution >= 0.6 is 15.9 Å². The second-order valence-electron chi connectivity index (χ2n) is 3.84. The van der Waals surface area contributed by atoms with Crippen LogP contribution in [0.4, 0.5) is 4.39 Å². The number of nitrogens with zero attached hydrogens (tertiary/aromatic N) is 2. The minimum Gasteiger partial charge on any atom is -0.222 e. The van der Waals surface area contributed by atoms with Gasteiger partial charge in [0.05, 0.1) is 11.2 Å². The van der Waals surface area contributed by atoms with E-state index in [1.807, 2.05) is 24.3 Å². The third kappa shape index (κ3) is 1.88. The first-order valence-electron chi connectivity index (χ1n) is 5.43. The molecule has 2 nitrogen and oxygen atoms in total. The van der Waals surface area contributed by atoms with Crippen LogP contribution in [0.25, 0.3) is 22.2 Å². The standard InChI is InChI=1S/C14H8BrFN2/c15-14-17-12-8-4-2-6-10(12)13(18-14)9-5-1-3-7-11(9)16/h1-8H. The lowest BCUT2D eigenvalue weighted by atomic mass is 10.1. The zero-order valence-corrected chi connectivity index (χ0v) is 10.9. The van der Waals surface area contributed by atoms with Gasteiger partial charge in [-0.3, -0.25) is 0 Å². The van der Waals surface area contributed by atoms with Gasteiger partial charge in [0.1, 0.15) is 5.82 Å². The molecule has 0 atom stereocenters. The van der Waals surface area contributed by atoms with Crippen LogP contribution in [-0.4, -0.2) is 9.97 Å². The Hall–Kier alpha value is -1.81. The van der Waals surface area contributed by atoms with Gasteiger partial charge in [-0.05, 0) is 34.1 Å². The monoisotopic (exact) mass is 302 g/mol. The van der Waals surface area contributed by atoms with Crippen molar-refractivity contribution in [2.45, 2.75) is 0 Å². The lowest BCUT2D eigenvalue weighted by molar-refractivity contribution is 0.631. The van der Waals surface area contributed by atoms with Crippen molar-refractivity contribution >= 4 is 26.8 Å². The fourth-order valence-electron chi connectivity index (χ4n) is 1.91. The molecule has 4 heteroatoms. The topological polar surface area (TPSA) is 25.8 Å². The highest BCUT2D eigenvalue weighted by molar-refractivity contribution is 9.10. The molecule has 0 aliphatic heterocycles. The van der Waals surface area contributed by atoms with E-state index in [1.165, 1.54) is 6.07 Å². The van der Waals surface area contributed by atoms with Gasteiger partial charge in [-0.2, -0.15) is 0 Å². The fraction of sp³-hybridized carbons (Fsp3) is 0. The molecule has 3 aromatic rings. The first-order valence-corrected chi connectivity index (χ1v) is 6.22. The molecule has 0 unspecified atom stereocenters. The Labute approximate surface area is 112 Å². The minimum absolute atomic E-state index is 0.284. The highest BCUT2D eigenvalue weighted by atomic mass is 79.9. The molecule has 2 aromatic carbocycles. The van der Waals surface area contributed by atoms with Crippen LogP contribution < -0.4 is 0 Å². The largest absolute Gasteiger partial charge is 0.222 e. The second-order valence-corrected chi connectivity index (χ2v) is 4.55. The van der Waals surface area contributed by atoms with Gasteiger partial charge in [-0.15, -0.1) is 0 Å². The molecule has 0 radical (unpaired) electrons. The van der Waals surface area contributed by atoms with E-state index >= 15 is 0 Å². The summed E-state index contributed by atoms with van der Waals surface area (Å²) in [5.74, 6) is -0.284. The number of para-hydroxylation sites is 1. The fourth-order valence-corrected chi connectivity index (χ4v) is 2.28. The van der Waals surface area contributed by atoms with Crippen LogP contribution in [0.1, 0.15) is 0 Å². The number of benzene rings is 2. The van der Waals surface area contributed by atoms with Crippen molar-refractivity contribution in [3.05, 3.63) is 59.1 Å². The summed E-state index contributed by atoms with van der Waals surface area (Å²) < 4.78 is 14.3. The van der Waals surface area contributed by atoms with Crippen molar-refractivity contribution in [1.29, 1.82) is 0 Å². The zero-order chi connectivity index (χ0) is 12.5. The molecule has 0 saturated heterocycles. The Bertz CT molecular complexity index is 728. The number of halogens is 2. The summed E-state index contributed by atoms with van der Waals surface area (Å²) in [6, 6.07) is 14.2. The van der Waals surface area contributed by atoms with Crippen LogP contribution in [0.5, 0.6) is 0 Å². The smallest absolute Gasteiger partial charge is 0.197 e. The molecule has 88 valence electrons.